The van der Waals surface area contributed by atoms with Gasteiger partial charge in [0, 0.05) is 19.3 Å². The number of alkyl halides is 1. The lowest BCUT2D eigenvalue weighted by molar-refractivity contribution is 0.127. The van der Waals surface area contributed by atoms with Gasteiger partial charge in [-0.05, 0) is 104 Å². The van der Waals surface area contributed by atoms with E-state index in [1.54, 1.807) is 13.2 Å². The molecule has 4 rings (SSSR count). The molecule has 0 atom stereocenters. The first kappa shape index (κ1) is 25.4. The first-order valence-electron chi connectivity index (χ1n) is 13.6. The van der Waals surface area contributed by atoms with E-state index in [4.69, 9.17) is 4.74 Å². The molecule has 0 spiro atoms. The lowest BCUT2D eigenvalue weighted by Crippen LogP contribution is -2.17. The van der Waals surface area contributed by atoms with Gasteiger partial charge in [0.25, 0.3) is 0 Å². The smallest absolute Gasteiger partial charge is 0.131 e. The number of unbranched alkanes of at least 4 members (excludes halogenated alkanes) is 2. The number of hydrogen-bond donors (Lipinski definition) is 0. The second-order valence-electron chi connectivity index (χ2n) is 10.8. The molecule has 2 aromatic carbocycles. The van der Waals surface area contributed by atoms with Crippen molar-refractivity contribution in [1.29, 1.82) is 0 Å². The maximum atomic E-state index is 15.1. The summed E-state index contributed by atoms with van der Waals surface area (Å²) in [6.45, 7) is 0.693. The van der Waals surface area contributed by atoms with E-state index in [0.717, 1.165) is 49.3 Å². The fraction of sp³-hybridized carbons (Fsp3) is 0.613. The van der Waals surface area contributed by atoms with Crippen LogP contribution in [0, 0.1) is 17.7 Å². The summed E-state index contributed by atoms with van der Waals surface area (Å²) in [5.74, 6) is 2.47. The van der Waals surface area contributed by atoms with E-state index in [-0.39, 0.29) is 12.5 Å². The minimum atomic E-state index is -0.186. The van der Waals surface area contributed by atoms with Gasteiger partial charge in [0.1, 0.15) is 5.82 Å². The molecule has 0 radical (unpaired) electrons. The van der Waals surface area contributed by atoms with Crippen LogP contribution in [0.3, 0.4) is 0 Å². The number of rotatable bonds is 10. The summed E-state index contributed by atoms with van der Waals surface area (Å²) < 4.78 is 32.7. The van der Waals surface area contributed by atoms with Gasteiger partial charge in [-0.25, -0.2) is 4.39 Å². The van der Waals surface area contributed by atoms with E-state index < -0.39 is 0 Å². The molecule has 0 aliphatic heterocycles. The minimum Gasteiger partial charge on any atom is -0.384 e. The average molecular weight is 469 g/mol. The van der Waals surface area contributed by atoms with Crippen molar-refractivity contribution in [1.82, 2.24) is 0 Å². The zero-order valence-corrected chi connectivity index (χ0v) is 20.9. The molecule has 0 unspecified atom stereocenters. The van der Waals surface area contributed by atoms with Crippen LogP contribution in [0.25, 0.3) is 11.1 Å². The molecule has 2 fully saturated rings. The highest BCUT2D eigenvalue weighted by Crippen LogP contribution is 2.40. The van der Waals surface area contributed by atoms with Crippen molar-refractivity contribution < 1.29 is 13.5 Å². The van der Waals surface area contributed by atoms with Gasteiger partial charge in [0.05, 0.1) is 6.67 Å². The molecule has 0 amide bonds. The zero-order chi connectivity index (χ0) is 23.8. The Morgan fingerprint density at radius 3 is 1.97 bits per heavy atom. The van der Waals surface area contributed by atoms with Crippen LogP contribution in [0.5, 0.6) is 0 Å². The van der Waals surface area contributed by atoms with Crippen molar-refractivity contribution >= 4 is 0 Å². The molecule has 2 aliphatic carbocycles. The number of methoxy groups -OCH3 is 1. The molecule has 0 saturated heterocycles. The van der Waals surface area contributed by atoms with Crippen molar-refractivity contribution in [3.8, 4) is 11.1 Å². The summed E-state index contributed by atoms with van der Waals surface area (Å²) in [5, 5.41) is 0. The Morgan fingerprint density at radius 2 is 1.35 bits per heavy atom. The fourth-order valence-corrected chi connectivity index (χ4v) is 6.34. The largest absolute Gasteiger partial charge is 0.384 e. The minimum absolute atomic E-state index is 0.0985. The summed E-state index contributed by atoms with van der Waals surface area (Å²) >= 11 is 0. The van der Waals surface area contributed by atoms with Gasteiger partial charge in [-0.2, -0.15) is 0 Å². The van der Waals surface area contributed by atoms with E-state index in [1.807, 2.05) is 6.07 Å². The Bertz CT molecular complexity index is 862. The normalized spacial score (nSPS) is 25.4. The molecule has 2 aliphatic rings. The van der Waals surface area contributed by atoms with Crippen molar-refractivity contribution in [3.63, 3.8) is 0 Å². The van der Waals surface area contributed by atoms with E-state index in [2.05, 4.69) is 30.3 Å². The number of hydrogen-bond acceptors (Lipinski definition) is 1. The first-order chi connectivity index (χ1) is 16.7. The molecule has 2 aromatic rings. The van der Waals surface area contributed by atoms with E-state index in [1.165, 1.54) is 50.5 Å². The topological polar surface area (TPSA) is 9.23 Å². The van der Waals surface area contributed by atoms with Crippen molar-refractivity contribution in [2.75, 3.05) is 20.4 Å². The highest BCUT2D eigenvalue weighted by Gasteiger charge is 2.24. The molecule has 0 N–H and O–H groups in total. The van der Waals surface area contributed by atoms with Crippen molar-refractivity contribution in [2.24, 2.45) is 11.8 Å². The molecule has 3 heteroatoms. The third-order valence-electron chi connectivity index (χ3n) is 8.50. The molecule has 0 heterocycles. The van der Waals surface area contributed by atoms with Gasteiger partial charge in [-0.3, -0.25) is 4.39 Å². The summed E-state index contributed by atoms with van der Waals surface area (Å²) in [4.78, 5) is 0. The number of halogens is 2. The predicted molar refractivity (Wildman–Crippen MR) is 138 cm³/mol. The van der Waals surface area contributed by atoms with Crippen molar-refractivity contribution in [3.05, 3.63) is 59.4 Å². The maximum absolute atomic E-state index is 15.1. The highest BCUT2D eigenvalue weighted by molar-refractivity contribution is 5.65. The SMILES string of the molecule is COCC1CCC(c2ccc(-c3ccc(C4CCC(CCCCCF)CC4)cc3F)cc2)CC1. The Hall–Kier alpha value is -1.74. The van der Waals surface area contributed by atoms with Crippen LogP contribution >= 0.6 is 0 Å². The van der Waals surface area contributed by atoms with E-state index >= 15 is 4.39 Å². The Labute approximate surface area is 205 Å². The molecule has 1 nitrogen and oxygen atoms in total. The average Bonchev–Trinajstić information content (AvgIpc) is 2.88. The third-order valence-corrected chi connectivity index (χ3v) is 8.50. The second kappa shape index (κ2) is 12.8. The highest BCUT2D eigenvalue weighted by atomic mass is 19.1. The van der Waals surface area contributed by atoms with Gasteiger partial charge in [-0.15, -0.1) is 0 Å². The van der Waals surface area contributed by atoms with Crippen LogP contribution in [0.15, 0.2) is 42.5 Å². The van der Waals surface area contributed by atoms with Crippen LogP contribution in [0.1, 0.15) is 100 Å². The Balaban J connectivity index is 1.31. The summed E-state index contributed by atoms with van der Waals surface area (Å²) in [7, 11) is 1.79. The predicted octanol–water partition coefficient (Wildman–Crippen LogP) is 9.22. The summed E-state index contributed by atoms with van der Waals surface area (Å²) in [5.41, 5.74) is 4.22. The third kappa shape index (κ3) is 6.68. The fourth-order valence-electron chi connectivity index (χ4n) is 6.34. The van der Waals surface area contributed by atoms with Crippen molar-refractivity contribution in [2.45, 2.75) is 88.9 Å². The molecule has 0 aromatic heterocycles. The van der Waals surface area contributed by atoms with E-state index in [9.17, 15) is 4.39 Å². The Kier molecular flexibility index (Phi) is 9.56. The monoisotopic (exact) mass is 468 g/mol. The summed E-state index contributed by atoms with van der Waals surface area (Å²) in [6.07, 6.45) is 13.7. The van der Waals surface area contributed by atoms with Crippen LogP contribution < -0.4 is 0 Å². The number of benzene rings is 2. The Morgan fingerprint density at radius 1 is 0.735 bits per heavy atom. The van der Waals surface area contributed by atoms with Gasteiger partial charge in [0.2, 0.25) is 0 Å². The van der Waals surface area contributed by atoms with Gasteiger partial charge in [0.15, 0.2) is 0 Å². The number of ether oxygens (including phenoxy) is 1. The molecular formula is C31H42F2O. The van der Waals surface area contributed by atoms with Crippen LogP contribution in [-0.4, -0.2) is 20.4 Å². The molecule has 34 heavy (non-hydrogen) atoms. The van der Waals surface area contributed by atoms with Crippen LogP contribution in [0.4, 0.5) is 8.78 Å². The summed E-state index contributed by atoms with van der Waals surface area (Å²) in [6, 6.07) is 14.5. The molecular weight excluding hydrogens is 426 g/mol. The van der Waals surface area contributed by atoms with Crippen LogP contribution in [0.2, 0.25) is 0 Å². The lowest BCUT2D eigenvalue weighted by atomic mass is 9.77. The molecule has 186 valence electrons. The maximum Gasteiger partial charge on any atom is 0.131 e. The quantitative estimate of drug-likeness (QED) is 0.316. The van der Waals surface area contributed by atoms with Gasteiger partial charge in [-0.1, -0.05) is 55.7 Å². The van der Waals surface area contributed by atoms with Gasteiger partial charge >= 0.3 is 0 Å². The molecule has 0 bridgehead atoms. The van der Waals surface area contributed by atoms with Crippen LogP contribution in [-0.2, 0) is 4.74 Å². The first-order valence-corrected chi connectivity index (χ1v) is 13.6. The standard InChI is InChI=1S/C31H42F2O/c1-34-22-24-8-12-25(13-9-24)26-14-16-28(17-15-26)30-19-18-29(21-31(30)33)27-10-6-23(7-11-27)5-3-2-4-20-32/h14-19,21,23-25,27H,2-13,20,22H2,1H3. The van der Waals surface area contributed by atoms with Gasteiger partial charge < -0.3 is 4.74 Å². The molecule has 2 saturated carbocycles. The second-order valence-corrected chi connectivity index (χ2v) is 10.8. The zero-order valence-electron chi connectivity index (χ0n) is 20.9. The van der Waals surface area contributed by atoms with E-state index in [0.29, 0.717) is 29.7 Å². The lowest BCUT2D eigenvalue weighted by Gasteiger charge is -2.29.